The van der Waals surface area contributed by atoms with Crippen molar-refractivity contribution in [2.45, 2.75) is 25.3 Å². The third-order valence-electron chi connectivity index (χ3n) is 5.07. The topological polar surface area (TPSA) is 102 Å². The van der Waals surface area contributed by atoms with Crippen molar-refractivity contribution in [1.82, 2.24) is 4.90 Å². The van der Waals surface area contributed by atoms with Crippen molar-refractivity contribution in [2.75, 3.05) is 19.0 Å². The first-order valence-corrected chi connectivity index (χ1v) is 9.24. The summed E-state index contributed by atoms with van der Waals surface area (Å²) >= 11 is 3.17. The predicted octanol–water partition coefficient (Wildman–Crippen LogP) is 1.92. The van der Waals surface area contributed by atoms with Crippen LogP contribution in [0.25, 0.3) is 0 Å². The molecule has 144 valence electrons. The van der Waals surface area contributed by atoms with Crippen LogP contribution in [0.15, 0.2) is 34.4 Å². The summed E-state index contributed by atoms with van der Waals surface area (Å²) in [7, 11) is 1.15. The molecule has 9 heteroatoms. The number of nitrogens with zero attached hydrogens (tertiary/aromatic N) is 1. The number of piperidine rings is 1. The molecule has 3 N–H and O–H groups in total. The zero-order chi connectivity index (χ0) is 19.8. The van der Waals surface area contributed by atoms with Gasteiger partial charge in [-0.05, 0) is 37.5 Å². The summed E-state index contributed by atoms with van der Waals surface area (Å²) in [4.78, 5) is 39.4. The van der Waals surface area contributed by atoms with Gasteiger partial charge in [-0.1, -0.05) is 15.9 Å². The number of carbonyl (C=O) groups is 3. The van der Waals surface area contributed by atoms with Gasteiger partial charge >= 0.3 is 5.97 Å². The van der Waals surface area contributed by atoms with Gasteiger partial charge in [0.15, 0.2) is 0 Å². The predicted molar refractivity (Wildman–Crippen MR) is 98.8 cm³/mol. The average Bonchev–Trinajstić information content (AvgIpc) is 2.63. The Bertz CT molecular complexity index is 844. The van der Waals surface area contributed by atoms with Crippen LogP contribution in [0.3, 0.4) is 0 Å². The molecule has 1 aromatic carbocycles. The van der Waals surface area contributed by atoms with Gasteiger partial charge in [-0.25, -0.2) is 4.39 Å². The van der Waals surface area contributed by atoms with Crippen LogP contribution in [0, 0.1) is 11.2 Å². The van der Waals surface area contributed by atoms with E-state index in [1.54, 1.807) is 6.07 Å². The van der Waals surface area contributed by atoms with Crippen LogP contribution in [0.4, 0.5) is 10.1 Å². The Hall–Kier alpha value is -2.42. The summed E-state index contributed by atoms with van der Waals surface area (Å²) in [5.41, 5.74) is 3.69. The summed E-state index contributed by atoms with van der Waals surface area (Å²) < 4.78 is 19.7. The smallest absolute Gasteiger partial charge is 0.329 e. The molecule has 1 fully saturated rings. The highest BCUT2D eigenvalue weighted by Crippen LogP contribution is 2.43. The van der Waals surface area contributed by atoms with Crippen LogP contribution < -0.4 is 11.1 Å². The number of nitrogens with one attached hydrogen (secondary N) is 1. The second-order valence-corrected chi connectivity index (χ2v) is 7.43. The highest BCUT2D eigenvalue weighted by Gasteiger charge is 2.60. The highest BCUT2D eigenvalue weighted by molar-refractivity contribution is 9.10. The van der Waals surface area contributed by atoms with E-state index in [0.717, 1.165) is 26.0 Å². The van der Waals surface area contributed by atoms with E-state index < -0.39 is 29.2 Å². The van der Waals surface area contributed by atoms with Crippen LogP contribution in [-0.2, 0) is 19.1 Å². The molecule has 0 spiro atoms. The third kappa shape index (κ3) is 3.09. The van der Waals surface area contributed by atoms with Gasteiger partial charge in [0, 0.05) is 22.8 Å². The number of rotatable bonds is 4. The number of halogens is 2. The third-order valence-corrected chi connectivity index (χ3v) is 5.57. The molecule has 2 amide bonds. The number of esters is 1. The molecule has 0 bridgehead atoms. The Labute approximate surface area is 163 Å². The summed E-state index contributed by atoms with van der Waals surface area (Å²) in [6.45, 7) is 0.409. The first-order valence-electron chi connectivity index (χ1n) is 8.45. The minimum Gasteiger partial charge on any atom is -0.468 e. The van der Waals surface area contributed by atoms with Crippen LogP contribution >= 0.6 is 15.9 Å². The fourth-order valence-corrected chi connectivity index (χ4v) is 4.15. The Balaban J connectivity index is 2.16. The maximum absolute atomic E-state index is 14.3. The van der Waals surface area contributed by atoms with Crippen molar-refractivity contribution in [3.8, 4) is 0 Å². The van der Waals surface area contributed by atoms with E-state index in [4.69, 9.17) is 10.5 Å². The summed E-state index contributed by atoms with van der Waals surface area (Å²) in [5, 5.41) is 2.74. The number of benzene rings is 1. The molecule has 0 aliphatic carbocycles. The van der Waals surface area contributed by atoms with E-state index in [1.165, 1.54) is 17.0 Å². The van der Waals surface area contributed by atoms with Crippen LogP contribution in [0.5, 0.6) is 0 Å². The van der Waals surface area contributed by atoms with E-state index in [1.807, 2.05) is 0 Å². The van der Waals surface area contributed by atoms with Crippen LogP contribution in [-0.4, -0.2) is 42.4 Å². The number of methoxy groups -OCH3 is 1. The molecule has 0 saturated carbocycles. The van der Waals surface area contributed by atoms with Gasteiger partial charge in [0.25, 0.3) is 0 Å². The van der Waals surface area contributed by atoms with E-state index in [2.05, 4.69) is 21.2 Å². The van der Waals surface area contributed by atoms with Gasteiger partial charge in [-0.2, -0.15) is 0 Å². The monoisotopic (exact) mass is 439 g/mol. The number of carbonyl (C=O) groups excluding carboxylic acids is 3. The molecule has 1 aromatic rings. The van der Waals surface area contributed by atoms with Crippen LogP contribution in [0.2, 0.25) is 0 Å². The minimum atomic E-state index is -1.93. The lowest BCUT2D eigenvalue weighted by Gasteiger charge is -2.48. The molecule has 2 atom stereocenters. The molecule has 2 unspecified atom stereocenters. The van der Waals surface area contributed by atoms with E-state index in [0.29, 0.717) is 17.4 Å². The normalized spacial score (nSPS) is 24.7. The van der Waals surface area contributed by atoms with E-state index >= 15 is 0 Å². The van der Waals surface area contributed by atoms with Crippen molar-refractivity contribution in [1.29, 1.82) is 0 Å². The summed E-state index contributed by atoms with van der Waals surface area (Å²) in [6.07, 6.45) is 3.02. The SMILES string of the molecule is COC(=O)C1(C(N)=O)C(Nc2ccc(Br)cc2F)=CC(=O)N2CCCCC21. The number of hydrogen-bond acceptors (Lipinski definition) is 5. The maximum Gasteiger partial charge on any atom is 0.329 e. The standard InChI is InChI=1S/C18H19BrFN3O4/c1-27-17(26)18(16(21)25)13(22-12-6-5-10(19)8-11(12)20)9-15(24)23-7-3-2-4-14(18)23/h5-6,8-9,14,22H,2-4,7H2,1H3,(H2,21,25). The lowest BCUT2D eigenvalue weighted by Crippen LogP contribution is -2.65. The molecule has 27 heavy (non-hydrogen) atoms. The van der Waals surface area contributed by atoms with Crippen molar-refractivity contribution < 1.29 is 23.5 Å². The van der Waals surface area contributed by atoms with Crippen LogP contribution in [0.1, 0.15) is 19.3 Å². The molecule has 2 aliphatic rings. The highest BCUT2D eigenvalue weighted by atomic mass is 79.9. The quantitative estimate of drug-likeness (QED) is 0.551. The van der Waals surface area contributed by atoms with Crippen molar-refractivity contribution in [3.05, 3.63) is 40.3 Å². The number of anilines is 1. The summed E-state index contributed by atoms with van der Waals surface area (Å²) in [6, 6.07) is 3.47. The number of fused-ring (bicyclic) bond motifs is 1. The number of ether oxygens (including phenoxy) is 1. The first kappa shape index (κ1) is 19.3. The Morgan fingerprint density at radius 2 is 2.15 bits per heavy atom. The van der Waals surface area contributed by atoms with Gasteiger partial charge in [-0.3, -0.25) is 14.4 Å². The average molecular weight is 440 g/mol. The van der Waals surface area contributed by atoms with Gasteiger partial charge in [0.05, 0.1) is 18.8 Å². The number of hydrogen-bond donors (Lipinski definition) is 2. The first-order chi connectivity index (χ1) is 12.8. The molecule has 7 nitrogen and oxygen atoms in total. The molecule has 1 saturated heterocycles. The molecule has 2 aliphatic heterocycles. The maximum atomic E-state index is 14.3. The molecule has 2 heterocycles. The molecule has 3 rings (SSSR count). The minimum absolute atomic E-state index is 0.0102. The van der Waals surface area contributed by atoms with Gasteiger partial charge in [-0.15, -0.1) is 0 Å². The van der Waals surface area contributed by atoms with Gasteiger partial charge in [0.2, 0.25) is 17.2 Å². The molecular weight excluding hydrogens is 421 g/mol. The fraction of sp³-hybridized carbons (Fsp3) is 0.389. The fourth-order valence-electron chi connectivity index (χ4n) is 3.82. The Morgan fingerprint density at radius 1 is 1.41 bits per heavy atom. The van der Waals surface area contributed by atoms with Crippen molar-refractivity contribution in [3.63, 3.8) is 0 Å². The van der Waals surface area contributed by atoms with Crippen molar-refractivity contribution >= 4 is 39.4 Å². The number of nitrogens with two attached hydrogens (primary N) is 1. The Morgan fingerprint density at radius 3 is 2.78 bits per heavy atom. The van der Waals surface area contributed by atoms with Gasteiger partial charge in [0.1, 0.15) is 5.82 Å². The second kappa shape index (κ2) is 7.30. The molecular formula is C18H19BrFN3O4. The molecule has 0 radical (unpaired) electrons. The number of primary amides is 1. The molecule has 0 aromatic heterocycles. The zero-order valence-corrected chi connectivity index (χ0v) is 16.2. The number of amides is 2. The largest absolute Gasteiger partial charge is 0.468 e. The lowest BCUT2D eigenvalue weighted by molar-refractivity contribution is -0.163. The summed E-state index contributed by atoms with van der Waals surface area (Å²) in [5.74, 6) is -2.81. The van der Waals surface area contributed by atoms with Crippen molar-refractivity contribution in [2.24, 2.45) is 11.1 Å². The van der Waals surface area contributed by atoms with Gasteiger partial charge < -0.3 is 20.7 Å². The second-order valence-electron chi connectivity index (χ2n) is 6.51. The lowest BCUT2D eigenvalue weighted by atomic mass is 9.70. The van der Waals surface area contributed by atoms with E-state index in [9.17, 15) is 18.8 Å². The zero-order valence-electron chi connectivity index (χ0n) is 14.6. The Kier molecular flexibility index (Phi) is 5.23. The van der Waals surface area contributed by atoms with E-state index in [-0.39, 0.29) is 17.3 Å².